The van der Waals surface area contributed by atoms with E-state index in [0.29, 0.717) is 5.46 Å². The molecule has 0 spiro atoms. The highest BCUT2D eigenvalue weighted by Gasteiger charge is 2.39. The van der Waals surface area contributed by atoms with Gasteiger partial charge in [0.2, 0.25) is 0 Å². The van der Waals surface area contributed by atoms with E-state index in [9.17, 15) is 14.9 Å². The number of carbonyl (C=O) groups is 1. The maximum atomic E-state index is 11.8. The molecule has 0 heterocycles. The van der Waals surface area contributed by atoms with Crippen molar-refractivity contribution in [3.63, 3.8) is 0 Å². The predicted octanol–water partition coefficient (Wildman–Crippen LogP) is 1.82. The van der Waals surface area contributed by atoms with Crippen LogP contribution >= 0.6 is 0 Å². The smallest absolute Gasteiger partial charge is 0.460 e. The highest BCUT2D eigenvalue weighted by molar-refractivity contribution is 6.60. The Labute approximate surface area is 145 Å². The van der Waals surface area contributed by atoms with Crippen molar-refractivity contribution in [2.24, 2.45) is 0 Å². The van der Waals surface area contributed by atoms with Gasteiger partial charge in [0.25, 0.3) is 0 Å². The van der Waals surface area contributed by atoms with Crippen LogP contribution in [0.5, 0.6) is 0 Å². The Hall–Kier alpha value is -1.37. The third-order valence-electron chi connectivity index (χ3n) is 3.91. The molecule has 0 aromatic heterocycles. The predicted molar refractivity (Wildman–Crippen MR) is 95.1 cm³/mol. The molecule has 0 unspecified atom stereocenters. The Morgan fingerprint density at radius 3 is 1.96 bits per heavy atom. The fourth-order valence-corrected chi connectivity index (χ4v) is 1.84. The van der Waals surface area contributed by atoms with Crippen molar-refractivity contribution < 1.29 is 24.3 Å². The zero-order valence-corrected chi connectivity index (χ0v) is 15.7. The number of esters is 1. The molecule has 0 fully saturated rings. The Balaban J connectivity index is 2.72. The van der Waals surface area contributed by atoms with Crippen LogP contribution in [0.15, 0.2) is 24.3 Å². The van der Waals surface area contributed by atoms with E-state index in [-0.39, 0.29) is 12.4 Å². The van der Waals surface area contributed by atoms with Crippen LogP contribution < -0.4 is 5.46 Å². The van der Waals surface area contributed by atoms with E-state index >= 15 is 0 Å². The number of rotatable bonds is 6. The third kappa shape index (κ3) is 6.26. The standard InChI is InChI=1S/C18H29BO5/c1-16(2,3)23-15(20)12-13-8-10-14(11-9-13)19(22)24-18(6,7)17(4,5)21/h8-11,21-22H,12H2,1-7H3. The second-order valence-electron chi connectivity index (χ2n) is 8.04. The van der Waals surface area contributed by atoms with Gasteiger partial charge in [0.1, 0.15) is 5.60 Å². The SMILES string of the molecule is CC(C)(C)OC(=O)Cc1ccc(B(O)OC(C)(C)C(C)(C)O)cc1. The van der Waals surface area contributed by atoms with Crippen LogP contribution in [0.1, 0.15) is 54.0 Å². The average molecular weight is 336 g/mol. The average Bonchev–Trinajstić information content (AvgIpc) is 2.35. The number of hydrogen-bond donors (Lipinski definition) is 2. The van der Waals surface area contributed by atoms with Crippen LogP contribution in [0.3, 0.4) is 0 Å². The maximum Gasteiger partial charge on any atom is 0.491 e. The summed E-state index contributed by atoms with van der Waals surface area (Å²) in [7, 11) is -1.16. The van der Waals surface area contributed by atoms with Crippen molar-refractivity contribution in [1.82, 2.24) is 0 Å². The third-order valence-corrected chi connectivity index (χ3v) is 3.91. The monoisotopic (exact) mass is 336 g/mol. The Morgan fingerprint density at radius 2 is 1.54 bits per heavy atom. The topological polar surface area (TPSA) is 76.0 Å². The molecule has 1 rings (SSSR count). The van der Waals surface area contributed by atoms with Gasteiger partial charge < -0.3 is 19.5 Å². The molecular weight excluding hydrogens is 307 g/mol. The quantitative estimate of drug-likeness (QED) is 0.612. The van der Waals surface area contributed by atoms with Gasteiger partial charge in [-0.3, -0.25) is 4.79 Å². The van der Waals surface area contributed by atoms with Crippen molar-refractivity contribution in [2.75, 3.05) is 0 Å². The van der Waals surface area contributed by atoms with Gasteiger partial charge in [-0.2, -0.15) is 0 Å². The van der Waals surface area contributed by atoms with Gasteiger partial charge >= 0.3 is 13.1 Å². The molecule has 0 radical (unpaired) electrons. The van der Waals surface area contributed by atoms with Gasteiger partial charge in [0, 0.05) is 0 Å². The van der Waals surface area contributed by atoms with E-state index in [1.807, 2.05) is 20.8 Å². The second kappa shape index (κ2) is 7.25. The summed E-state index contributed by atoms with van der Waals surface area (Å²) in [5.41, 5.74) is -1.20. The zero-order chi connectivity index (χ0) is 18.8. The van der Waals surface area contributed by atoms with Crippen molar-refractivity contribution in [3.05, 3.63) is 29.8 Å². The molecule has 0 aliphatic heterocycles. The first-order chi connectivity index (χ1) is 10.7. The molecule has 24 heavy (non-hydrogen) atoms. The molecule has 0 amide bonds. The van der Waals surface area contributed by atoms with Crippen LogP contribution in [0.2, 0.25) is 0 Å². The fourth-order valence-electron chi connectivity index (χ4n) is 1.84. The van der Waals surface area contributed by atoms with Gasteiger partial charge in [-0.05, 0) is 59.5 Å². The summed E-state index contributed by atoms with van der Waals surface area (Å²) in [5.74, 6) is -0.296. The molecule has 0 bridgehead atoms. The molecule has 1 aromatic carbocycles. The van der Waals surface area contributed by atoms with Crippen molar-refractivity contribution >= 4 is 18.6 Å². The van der Waals surface area contributed by atoms with E-state index in [1.54, 1.807) is 52.0 Å². The minimum Gasteiger partial charge on any atom is -0.460 e. The van der Waals surface area contributed by atoms with Gasteiger partial charge in [0.05, 0.1) is 17.6 Å². The molecule has 5 nitrogen and oxygen atoms in total. The molecule has 6 heteroatoms. The summed E-state index contributed by atoms with van der Waals surface area (Å²) in [6.07, 6.45) is 0.170. The molecule has 0 aliphatic carbocycles. The van der Waals surface area contributed by atoms with Crippen LogP contribution in [0.4, 0.5) is 0 Å². The van der Waals surface area contributed by atoms with Crippen molar-refractivity contribution in [3.8, 4) is 0 Å². The number of hydrogen-bond acceptors (Lipinski definition) is 5. The van der Waals surface area contributed by atoms with Gasteiger partial charge in [-0.1, -0.05) is 24.3 Å². The van der Waals surface area contributed by atoms with E-state index in [4.69, 9.17) is 9.39 Å². The lowest BCUT2D eigenvalue weighted by Crippen LogP contribution is -2.53. The molecule has 0 atom stereocenters. The minimum atomic E-state index is -1.16. The normalized spacial score (nSPS) is 12.9. The molecule has 0 aliphatic rings. The van der Waals surface area contributed by atoms with Gasteiger partial charge in [-0.25, -0.2) is 0 Å². The van der Waals surface area contributed by atoms with Gasteiger partial charge in [-0.15, -0.1) is 0 Å². The minimum absolute atomic E-state index is 0.170. The largest absolute Gasteiger partial charge is 0.491 e. The van der Waals surface area contributed by atoms with E-state index in [0.717, 1.165) is 5.56 Å². The first kappa shape index (κ1) is 20.7. The lowest BCUT2D eigenvalue weighted by molar-refractivity contribution is -0.153. The number of aliphatic hydroxyl groups is 1. The zero-order valence-electron chi connectivity index (χ0n) is 15.7. The van der Waals surface area contributed by atoms with Crippen LogP contribution in [0, 0.1) is 0 Å². The molecule has 0 saturated carbocycles. The molecular formula is C18H29BO5. The first-order valence-electron chi connectivity index (χ1n) is 8.10. The number of ether oxygens (including phenoxy) is 1. The van der Waals surface area contributed by atoms with E-state index < -0.39 is 23.9 Å². The summed E-state index contributed by atoms with van der Waals surface area (Å²) in [6.45, 7) is 12.2. The van der Waals surface area contributed by atoms with Crippen LogP contribution in [0.25, 0.3) is 0 Å². The first-order valence-corrected chi connectivity index (χ1v) is 8.10. The highest BCUT2D eigenvalue weighted by Crippen LogP contribution is 2.25. The van der Waals surface area contributed by atoms with Crippen LogP contribution in [-0.4, -0.2) is 40.0 Å². The molecule has 2 N–H and O–H groups in total. The molecule has 0 saturated heterocycles. The fraction of sp³-hybridized carbons (Fsp3) is 0.611. The van der Waals surface area contributed by atoms with E-state index in [1.165, 1.54) is 0 Å². The number of benzene rings is 1. The lowest BCUT2D eigenvalue weighted by atomic mass is 9.76. The Morgan fingerprint density at radius 1 is 1.04 bits per heavy atom. The van der Waals surface area contributed by atoms with Crippen LogP contribution in [-0.2, 0) is 20.6 Å². The second-order valence-corrected chi connectivity index (χ2v) is 8.04. The summed E-state index contributed by atoms with van der Waals surface area (Å²) in [6, 6.07) is 6.90. The Kier molecular flexibility index (Phi) is 6.25. The van der Waals surface area contributed by atoms with E-state index in [2.05, 4.69) is 0 Å². The van der Waals surface area contributed by atoms with Crippen molar-refractivity contribution in [2.45, 2.75) is 71.7 Å². The Bertz CT molecular complexity index is 552. The summed E-state index contributed by atoms with van der Waals surface area (Å²) in [5, 5.41) is 20.3. The summed E-state index contributed by atoms with van der Waals surface area (Å²) < 4.78 is 10.9. The summed E-state index contributed by atoms with van der Waals surface area (Å²) >= 11 is 0. The van der Waals surface area contributed by atoms with Gasteiger partial charge in [0.15, 0.2) is 0 Å². The summed E-state index contributed by atoms with van der Waals surface area (Å²) in [4.78, 5) is 11.8. The maximum absolute atomic E-state index is 11.8. The lowest BCUT2D eigenvalue weighted by Gasteiger charge is -2.38. The molecule has 1 aromatic rings. The molecule has 134 valence electrons. The highest BCUT2D eigenvalue weighted by atomic mass is 16.6. The number of carbonyl (C=O) groups excluding carboxylic acids is 1. The van der Waals surface area contributed by atoms with Crippen molar-refractivity contribution in [1.29, 1.82) is 0 Å².